The Labute approximate surface area is 97.0 Å². The van der Waals surface area contributed by atoms with Crippen molar-refractivity contribution in [3.05, 3.63) is 0 Å². The monoisotopic (exact) mass is 233 g/mol. The maximum atomic E-state index is 9.18. The third-order valence-corrected chi connectivity index (χ3v) is 4.14. The summed E-state index contributed by atoms with van der Waals surface area (Å²) < 4.78 is 5.32. The van der Waals surface area contributed by atoms with Gasteiger partial charge in [0.15, 0.2) is 0 Å². The standard InChI is InChI=1S/C11H23NO2S/c1-2-5-12-10(8-13)9-15-11-3-6-14-7-4-11/h10-13H,2-9H2,1H3. The number of hydrogen-bond acceptors (Lipinski definition) is 4. The predicted molar refractivity (Wildman–Crippen MR) is 65.5 cm³/mol. The fraction of sp³-hybridized carbons (Fsp3) is 1.00. The molecule has 0 radical (unpaired) electrons. The lowest BCUT2D eigenvalue weighted by molar-refractivity contribution is 0.1000. The molecule has 90 valence electrons. The minimum atomic E-state index is 0.246. The molecule has 1 saturated heterocycles. The third-order valence-electron chi connectivity index (χ3n) is 2.60. The topological polar surface area (TPSA) is 41.5 Å². The van der Waals surface area contributed by atoms with Gasteiger partial charge < -0.3 is 15.2 Å². The summed E-state index contributed by atoms with van der Waals surface area (Å²) in [5.74, 6) is 1.02. The molecule has 0 aromatic carbocycles. The van der Waals surface area contributed by atoms with Crippen LogP contribution < -0.4 is 5.32 Å². The zero-order valence-electron chi connectivity index (χ0n) is 9.58. The van der Waals surface area contributed by atoms with Crippen LogP contribution in [0.4, 0.5) is 0 Å². The van der Waals surface area contributed by atoms with E-state index in [0.717, 1.165) is 50.0 Å². The van der Waals surface area contributed by atoms with Crippen LogP contribution >= 0.6 is 11.8 Å². The van der Waals surface area contributed by atoms with Gasteiger partial charge in [0.1, 0.15) is 0 Å². The highest BCUT2D eigenvalue weighted by Crippen LogP contribution is 2.22. The Kier molecular flexibility index (Phi) is 7.44. The molecule has 1 unspecified atom stereocenters. The Bertz CT molecular complexity index is 152. The predicted octanol–water partition coefficient (Wildman–Crippen LogP) is 1.26. The number of aliphatic hydroxyl groups excluding tert-OH is 1. The van der Waals surface area contributed by atoms with Crippen LogP contribution in [-0.4, -0.2) is 48.5 Å². The SMILES string of the molecule is CCCNC(CO)CSC1CCOCC1. The zero-order chi connectivity index (χ0) is 10.9. The van der Waals surface area contributed by atoms with Crippen LogP contribution in [-0.2, 0) is 4.74 Å². The fourth-order valence-corrected chi connectivity index (χ4v) is 2.87. The van der Waals surface area contributed by atoms with Crippen LogP contribution in [0.25, 0.3) is 0 Å². The average Bonchev–Trinajstić information content (AvgIpc) is 2.31. The summed E-state index contributed by atoms with van der Waals surface area (Å²) in [4.78, 5) is 0. The molecule has 0 aliphatic carbocycles. The highest BCUT2D eigenvalue weighted by atomic mass is 32.2. The normalized spacial score (nSPS) is 20.4. The first kappa shape index (κ1) is 13.3. The number of ether oxygens (including phenoxy) is 1. The van der Waals surface area contributed by atoms with Gasteiger partial charge >= 0.3 is 0 Å². The van der Waals surface area contributed by atoms with Gasteiger partial charge in [0.2, 0.25) is 0 Å². The lowest BCUT2D eigenvalue weighted by atomic mass is 10.2. The molecule has 1 heterocycles. The molecule has 1 atom stereocenters. The molecule has 4 heteroatoms. The highest BCUT2D eigenvalue weighted by molar-refractivity contribution is 7.99. The second-order valence-corrected chi connectivity index (χ2v) is 5.31. The van der Waals surface area contributed by atoms with E-state index in [1.165, 1.54) is 0 Å². The molecule has 1 rings (SSSR count). The smallest absolute Gasteiger partial charge is 0.0592 e. The van der Waals surface area contributed by atoms with E-state index in [4.69, 9.17) is 4.74 Å². The molecular weight excluding hydrogens is 210 g/mol. The number of nitrogens with one attached hydrogen (secondary N) is 1. The Morgan fingerprint density at radius 3 is 2.80 bits per heavy atom. The van der Waals surface area contributed by atoms with E-state index < -0.39 is 0 Å². The quantitative estimate of drug-likeness (QED) is 0.694. The van der Waals surface area contributed by atoms with Crippen molar-refractivity contribution >= 4 is 11.8 Å². The molecule has 1 aliphatic heterocycles. The van der Waals surface area contributed by atoms with Gasteiger partial charge in [-0.25, -0.2) is 0 Å². The number of aliphatic hydroxyl groups is 1. The molecule has 0 aromatic heterocycles. The molecule has 0 bridgehead atoms. The van der Waals surface area contributed by atoms with Crippen molar-refractivity contribution in [2.45, 2.75) is 37.5 Å². The van der Waals surface area contributed by atoms with Crippen molar-refractivity contribution in [1.29, 1.82) is 0 Å². The van der Waals surface area contributed by atoms with Gasteiger partial charge in [-0.05, 0) is 25.8 Å². The van der Waals surface area contributed by atoms with Gasteiger partial charge in [0.25, 0.3) is 0 Å². The van der Waals surface area contributed by atoms with Gasteiger partial charge in [-0.1, -0.05) is 6.92 Å². The molecule has 0 spiro atoms. The van der Waals surface area contributed by atoms with Gasteiger partial charge in [-0.2, -0.15) is 11.8 Å². The average molecular weight is 233 g/mol. The van der Waals surface area contributed by atoms with E-state index in [0.29, 0.717) is 0 Å². The third kappa shape index (κ3) is 5.76. The molecule has 0 aromatic rings. The van der Waals surface area contributed by atoms with Crippen LogP contribution in [0.5, 0.6) is 0 Å². The minimum Gasteiger partial charge on any atom is -0.395 e. The van der Waals surface area contributed by atoms with Crippen molar-refractivity contribution < 1.29 is 9.84 Å². The first-order valence-electron chi connectivity index (χ1n) is 5.90. The number of thioether (sulfide) groups is 1. The first-order valence-corrected chi connectivity index (χ1v) is 6.95. The molecule has 0 amide bonds. The Morgan fingerprint density at radius 1 is 1.47 bits per heavy atom. The lowest BCUT2D eigenvalue weighted by Crippen LogP contribution is -2.36. The molecule has 0 saturated carbocycles. The molecule has 15 heavy (non-hydrogen) atoms. The van der Waals surface area contributed by atoms with Crippen molar-refractivity contribution in [3.8, 4) is 0 Å². The summed E-state index contributed by atoms with van der Waals surface area (Å²) >= 11 is 1.98. The first-order chi connectivity index (χ1) is 7.36. The summed E-state index contributed by atoms with van der Waals surface area (Å²) in [6.07, 6.45) is 3.45. The van der Waals surface area contributed by atoms with Gasteiger partial charge in [0, 0.05) is 30.3 Å². The summed E-state index contributed by atoms with van der Waals surface area (Å²) in [6.45, 7) is 5.20. The van der Waals surface area contributed by atoms with E-state index in [1.807, 2.05) is 11.8 Å². The summed E-state index contributed by atoms with van der Waals surface area (Å²) in [7, 11) is 0. The van der Waals surface area contributed by atoms with Crippen LogP contribution in [0.3, 0.4) is 0 Å². The van der Waals surface area contributed by atoms with Crippen molar-refractivity contribution in [2.24, 2.45) is 0 Å². The van der Waals surface area contributed by atoms with Crippen LogP contribution in [0.2, 0.25) is 0 Å². The van der Waals surface area contributed by atoms with Gasteiger partial charge in [0.05, 0.1) is 6.61 Å². The van der Waals surface area contributed by atoms with Crippen molar-refractivity contribution in [3.63, 3.8) is 0 Å². The van der Waals surface area contributed by atoms with Crippen LogP contribution in [0.1, 0.15) is 26.2 Å². The Balaban J connectivity index is 2.09. The van der Waals surface area contributed by atoms with Crippen LogP contribution in [0, 0.1) is 0 Å². The second-order valence-electron chi connectivity index (χ2n) is 3.98. The summed E-state index contributed by atoms with van der Waals surface area (Å²) in [5.41, 5.74) is 0. The summed E-state index contributed by atoms with van der Waals surface area (Å²) in [5, 5.41) is 13.3. The van der Waals surface area contributed by atoms with Crippen LogP contribution in [0.15, 0.2) is 0 Å². The molecule has 1 aliphatic rings. The Morgan fingerprint density at radius 2 is 2.20 bits per heavy atom. The molecule has 3 nitrogen and oxygen atoms in total. The number of hydrogen-bond donors (Lipinski definition) is 2. The largest absolute Gasteiger partial charge is 0.395 e. The van der Waals surface area contributed by atoms with E-state index in [1.54, 1.807) is 0 Å². The van der Waals surface area contributed by atoms with Gasteiger partial charge in [-0.3, -0.25) is 0 Å². The zero-order valence-corrected chi connectivity index (χ0v) is 10.4. The van der Waals surface area contributed by atoms with E-state index in [-0.39, 0.29) is 12.6 Å². The Hall–Kier alpha value is 0.230. The molecular formula is C11H23NO2S. The second kappa shape index (κ2) is 8.39. The summed E-state index contributed by atoms with van der Waals surface area (Å²) in [6, 6.07) is 0.262. The van der Waals surface area contributed by atoms with E-state index in [2.05, 4.69) is 12.2 Å². The molecule has 1 fully saturated rings. The fourth-order valence-electron chi connectivity index (χ4n) is 1.62. The van der Waals surface area contributed by atoms with Crippen molar-refractivity contribution in [1.82, 2.24) is 5.32 Å². The number of rotatable bonds is 7. The minimum absolute atomic E-state index is 0.246. The lowest BCUT2D eigenvalue weighted by Gasteiger charge is -2.24. The van der Waals surface area contributed by atoms with E-state index >= 15 is 0 Å². The van der Waals surface area contributed by atoms with Gasteiger partial charge in [-0.15, -0.1) is 0 Å². The maximum Gasteiger partial charge on any atom is 0.0592 e. The van der Waals surface area contributed by atoms with Crippen molar-refractivity contribution in [2.75, 3.05) is 32.1 Å². The highest BCUT2D eigenvalue weighted by Gasteiger charge is 2.16. The molecule has 2 N–H and O–H groups in total. The maximum absolute atomic E-state index is 9.18. The van der Waals surface area contributed by atoms with E-state index in [9.17, 15) is 5.11 Å².